The van der Waals surface area contributed by atoms with E-state index in [1.807, 2.05) is 23.1 Å². The first kappa shape index (κ1) is 13.9. The van der Waals surface area contributed by atoms with Gasteiger partial charge in [-0.15, -0.1) is 0 Å². The van der Waals surface area contributed by atoms with E-state index in [1.54, 1.807) is 4.90 Å². The van der Waals surface area contributed by atoms with E-state index in [0.29, 0.717) is 13.1 Å². The number of hydrogen-bond donors (Lipinski definition) is 1. The zero-order valence-electron chi connectivity index (χ0n) is 12.3. The number of carbonyl (C=O) groups excluding carboxylic acids is 2. The highest BCUT2D eigenvalue weighted by molar-refractivity contribution is 5.98. The largest absolute Gasteiger partial charge is 0.351 e. The van der Waals surface area contributed by atoms with Crippen molar-refractivity contribution in [2.24, 2.45) is 11.7 Å². The molecule has 2 aliphatic heterocycles. The number of benzene rings is 1. The number of likely N-dealkylation sites (tertiary alicyclic amines) is 1. The van der Waals surface area contributed by atoms with E-state index in [1.165, 1.54) is 5.56 Å². The highest BCUT2D eigenvalue weighted by atomic mass is 16.2. The first-order valence-corrected chi connectivity index (χ1v) is 7.53. The minimum atomic E-state index is -0.428. The van der Waals surface area contributed by atoms with E-state index in [2.05, 4.69) is 13.0 Å². The van der Waals surface area contributed by atoms with Crippen molar-refractivity contribution in [2.45, 2.75) is 32.2 Å². The second kappa shape index (κ2) is 5.39. The third-order valence-corrected chi connectivity index (χ3v) is 4.53. The number of para-hydroxylation sites is 1. The Kier molecular flexibility index (Phi) is 3.57. The Balaban J connectivity index is 1.80. The molecule has 21 heavy (non-hydrogen) atoms. The van der Waals surface area contributed by atoms with Crippen LogP contribution in [0.1, 0.15) is 25.3 Å². The van der Waals surface area contributed by atoms with Gasteiger partial charge >= 0.3 is 6.03 Å². The van der Waals surface area contributed by atoms with Gasteiger partial charge in [0.25, 0.3) is 0 Å². The summed E-state index contributed by atoms with van der Waals surface area (Å²) >= 11 is 0. The quantitative estimate of drug-likeness (QED) is 0.855. The summed E-state index contributed by atoms with van der Waals surface area (Å²) in [6, 6.07) is 7.81. The molecule has 0 aliphatic carbocycles. The van der Waals surface area contributed by atoms with Gasteiger partial charge in [0.05, 0.1) is 5.92 Å². The standard InChI is InChI=1S/C16H21N3O2/c1-11-9-12-5-2-3-7-14(12)19(11)15(20)13-6-4-8-18(10-13)16(17)21/h2-3,5,7,11,13H,4,6,8-10H2,1H3,(H2,17,21)/t11-,13+/m0/s1. The van der Waals surface area contributed by atoms with E-state index in [9.17, 15) is 9.59 Å². The van der Waals surface area contributed by atoms with Crippen molar-refractivity contribution < 1.29 is 9.59 Å². The van der Waals surface area contributed by atoms with Crippen LogP contribution in [0, 0.1) is 5.92 Å². The summed E-state index contributed by atoms with van der Waals surface area (Å²) in [5, 5.41) is 0. The van der Waals surface area contributed by atoms with Gasteiger partial charge in [0.1, 0.15) is 0 Å². The molecule has 0 unspecified atom stereocenters. The lowest BCUT2D eigenvalue weighted by molar-refractivity contribution is -0.123. The lowest BCUT2D eigenvalue weighted by atomic mass is 9.96. The first-order valence-electron chi connectivity index (χ1n) is 7.53. The van der Waals surface area contributed by atoms with Crippen molar-refractivity contribution in [3.8, 4) is 0 Å². The van der Waals surface area contributed by atoms with Crippen LogP contribution in [0.4, 0.5) is 10.5 Å². The van der Waals surface area contributed by atoms with E-state index < -0.39 is 6.03 Å². The molecule has 1 fully saturated rings. The number of anilines is 1. The fraction of sp³-hybridized carbons (Fsp3) is 0.500. The van der Waals surface area contributed by atoms with Crippen molar-refractivity contribution in [2.75, 3.05) is 18.0 Å². The number of hydrogen-bond acceptors (Lipinski definition) is 2. The molecule has 2 aliphatic rings. The predicted molar refractivity (Wildman–Crippen MR) is 81.0 cm³/mol. The number of piperidine rings is 1. The van der Waals surface area contributed by atoms with Gasteiger partial charge in [-0.2, -0.15) is 0 Å². The Morgan fingerprint density at radius 1 is 1.29 bits per heavy atom. The molecule has 112 valence electrons. The molecule has 0 spiro atoms. The van der Waals surface area contributed by atoms with Crippen LogP contribution in [0.25, 0.3) is 0 Å². The van der Waals surface area contributed by atoms with Crippen LogP contribution in [0.3, 0.4) is 0 Å². The summed E-state index contributed by atoms with van der Waals surface area (Å²) in [5.41, 5.74) is 7.59. The third-order valence-electron chi connectivity index (χ3n) is 4.53. The van der Waals surface area contributed by atoms with Gasteiger partial charge in [-0.3, -0.25) is 4.79 Å². The average molecular weight is 287 g/mol. The second-order valence-corrected chi connectivity index (χ2v) is 6.01. The molecular weight excluding hydrogens is 266 g/mol. The van der Waals surface area contributed by atoms with Crippen LogP contribution >= 0.6 is 0 Å². The summed E-state index contributed by atoms with van der Waals surface area (Å²) in [6.45, 7) is 3.18. The summed E-state index contributed by atoms with van der Waals surface area (Å²) < 4.78 is 0. The number of nitrogens with zero attached hydrogens (tertiary/aromatic N) is 2. The topological polar surface area (TPSA) is 66.6 Å². The maximum atomic E-state index is 12.9. The minimum absolute atomic E-state index is 0.124. The van der Waals surface area contributed by atoms with E-state index >= 15 is 0 Å². The molecule has 2 N–H and O–H groups in total. The Morgan fingerprint density at radius 3 is 2.81 bits per heavy atom. The normalized spacial score (nSPS) is 24.8. The number of rotatable bonds is 1. The third kappa shape index (κ3) is 2.48. The van der Waals surface area contributed by atoms with Crippen molar-refractivity contribution in [1.29, 1.82) is 0 Å². The monoisotopic (exact) mass is 287 g/mol. The highest BCUT2D eigenvalue weighted by Gasteiger charge is 2.36. The predicted octanol–water partition coefficient (Wildman–Crippen LogP) is 1.75. The number of carbonyl (C=O) groups is 2. The van der Waals surface area contributed by atoms with Crippen LogP contribution in [0.5, 0.6) is 0 Å². The molecule has 1 aromatic rings. The van der Waals surface area contributed by atoms with E-state index in [0.717, 1.165) is 24.9 Å². The Bertz CT molecular complexity index is 572. The Labute approximate surface area is 124 Å². The Morgan fingerprint density at radius 2 is 2.05 bits per heavy atom. The molecule has 5 nitrogen and oxygen atoms in total. The van der Waals surface area contributed by atoms with Gasteiger partial charge in [-0.1, -0.05) is 18.2 Å². The molecule has 1 saturated heterocycles. The molecule has 3 rings (SSSR count). The molecule has 0 aromatic heterocycles. The zero-order valence-corrected chi connectivity index (χ0v) is 12.3. The molecule has 2 atom stereocenters. The van der Waals surface area contributed by atoms with Gasteiger partial charge in [0, 0.05) is 24.8 Å². The van der Waals surface area contributed by atoms with Gasteiger partial charge in [0.2, 0.25) is 5.91 Å². The molecule has 3 amide bonds. The number of urea groups is 1. The van der Waals surface area contributed by atoms with Crippen molar-refractivity contribution >= 4 is 17.6 Å². The highest BCUT2D eigenvalue weighted by Crippen LogP contribution is 2.34. The number of fused-ring (bicyclic) bond motifs is 1. The molecule has 0 bridgehead atoms. The molecule has 1 aromatic carbocycles. The van der Waals surface area contributed by atoms with Crippen molar-refractivity contribution in [1.82, 2.24) is 4.90 Å². The van der Waals surface area contributed by atoms with Crippen LogP contribution in [0.2, 0.25) is 0 Å². The van der Waals surface area contributed by atoms with Gasteiger partial charge in [-0.05, 0) is 37.8 Å². The summed E-state index contributed by atoms with van der Waals surface area (Å²) in [5.74, 6) is -0.0155. The molecule has 5 heteroatoms. The maximum absolute atomic E-state index is 12.9. The van der Waals surface area contributed by atoms with E-state index in [4.69, 9.17) is 5.73 Å². The smallest absolute Gasteiger partial charge is 0.314 e. The average Bonchev–Trinajstić information content (AvgIpc) is 2.82. The summed E-state index contributed by atoms with van der Waals surface area (Å²) in [4.78, 5) is 27.7. The molecule has 0 radical (unpaired) electrons. The number of primary amides is 1. The van der Waals surface area contributed by atoms with Crippen molar-refractivity contribution in [3.05, 3.63) is 29.8 Å². The Hall–Kier alpha value is -2.04. The number of amides is 3. The zero-order chi connectivity index (χ0) is 15.0. The lowest BCUT2D eigenvalue weighted by Crippen LogP contribution is -2.49. The van der Waals surface area contributed by atoms with Crippen LogP contribution in [-0.4, -0.2) is 36.0 Å². The molecular formula is C16H21N3O2. The lowest BCUT2D eigenvalue weighted by Gasteiger charge is -2.34. The van der Waals surface area contributed by atoms with Crippen LogP contribution in [0.15, 0.2) is 24.3 Å². The first-order chi connectivity index (χ1) is 10.1. The summed E-state index contributed by atoms with van der Waals surface area (Å²) in [6.07, 6.45) is 2.56. The van der Waals surface area contributed by atoms with Crippen molar-refractivity contribution in [3.63, 3.8) is 0 Å². The SMILES string of the molecule is C[C@H]1Cc2ccccc2N1C(=O)[C@@H]1CCCN(C(N)=O)C1. The summed E-state index contributed by atoms with van der Waals surface area (Å²) in [7, 11) is 0. The maximum Gasteiger partial charge on any atom is 0.314 e. The second-order valence-electron chi connectivity index (χ2n) is 6.01. The fourth-order valence-electron chi connectivity index (χ4n) is 3.48. The van der Waals surface area contributed by atoms with Crippen LogP contribution < -0.4 is 10.6 Å². The van der Waals surface area contributed by atoms with Crippen LogP contribution in [-0.2, 0) is 11.2 Å². The van der Waals surface area contributed by atoms with Gasteiger partial charge < -0.3 is 15.5 Å². The minimum Gasteiger partial charge on any atom is -0.351 e. The van der Waals surface area contributed by atoms with Gasteiger partial charge in [-0.25, -0.2) is 4.79 Å². The van der Waals surface area contributed by atoms with E-state index in [-0.39, 0.29) is 17.9 Å². The number of nitrogens with two attached hydrogens (primary N) is 1. The molecule has 0 saturated carbocycles. The van der Waals surface area contributed by atoms with Gasteiger partial charge in [0.15, 0.2) is 0 Å². The molecule has 2 heterocycles. The fourth-order valence-corrected chi connectivity index (χ4v) is 3.48.